The van der Waals surface area contributed by atoms with E-state index in [0.717, 1.165) is 10.5 Å². The summed E-state index contributed by atoms with van der Waals surface area (Å²) in [6, 6.07) is 8.04. The van der Waals surface area contributed by atoms with Gasteiger partial charge in [-0.2, -0.15) is 4.68 Å². The van der Waals surface area contributed by atoms with Gasteiger partial charge in [0.2, 0.25) is 5.89 Å². The van der Waals surface area contributed by atoms with Crippen LogP contribution in [0.25, 0.3) is 11.5 Å². The molecule has 0 aliphatic heterocycles. The van der Waals surface area contributed by atoms with Crippen LogP contribution in [-0.2, 0) is 11.5 Å². The molecule has 1 aromatic heterocycles. The number of benzene rings is 1. The van der Waals surface area contributed by atoms with Crippen molar-refractivity contribution in [3.05, 3.63) is 34.7 Å². The van der Waals surface area contributed by atoms with Crippen molar-refractivity contribution in [1.82, 2.24) is 15.1 Å². The molecular weight excluding hydrogens is 312 g/mol. The molecule has 1 amide bonds. The second-order valence-electron chi connectivity index (χ2n) is 6.05. The van der Waals surface area contributed by atoms with Gasteiger partial charge in [0.1, 0.15) is 0 Å². The maximum absolute atomic E-state index is 11.8. The van der Waals surface area contributed by atoms with E-state index >= 15 is 0 Å². The van der Waals surface area contributed by atoms with Crippen molar-refractivity contribution in [2.75, 3.05) is 13.6 Å². The van der Waals surface area contributed by atoms with Crippen LogP contribution in [0.5, 0.6) is 0 Å². The fraction of sp³-hybridized carbons (Fsp3) is 0.438. The molecule has 1 heterocycles. The summed E-state index contributed by atoms with van der Waals surface area (Å²) in [7, 11) is 1.92. The van der Waals surface area contributed by atoms with Crippen LogP contribution in [0.4, 0.5) is 0 Å². The highest BCUT2D eigenvalue weighted by Crippen LogP contribution is 2.17. The summed E-state index contributed by atoms with van der Waals surface area (Å²) in [4.78, 5) is 13.1. The zero-order chi connectivity index (χ0) is 17.0. The molecule has 1 atom stereocenters. The number of hydrogen-bond acceptors (Lipinski definition) is 4. The lowest BCUT2D eigenvalue weighted by Gasteiger charge is -2.14. The van der Waals surface area contributed by atoms with Gasteiger partial charge < -0.3 is 14.6 Å². The number of quaternary nitrogens is 1. The van der Waals surface area contributed by atoms with Crippen molar-refractivity contribution in [3.8, 4) is 11.5 Å². The number of nitrogens with zero attached hydrogens (tertiary/aromatic N) is 2. The molecule has 124 valence electrons. The van der Waals surface area contributed by atoms with Crippen molar-refractivity contribution in [2.45, 2.75) is 33.5 Å². The predicted octanol–water partition coefficient (Wildman–Crippen LogP) is 1.18. The third-order valence-corrected chi connectivity index (χ3v) is 3.53. The van der Waals surface area contributed by atoms with Crippen LogP contribution in [0.15, 0.2) is 28.7 Å². The molecule has 7 heteroatoms. The Hall–Kier alpha value is -1.99. The highest BCUT2D eigenvalue weighted by Gasteiger charge is 2.14. The van der Waals surface area contributed by atoms with Gasteiger partial charge in [-0.15, -0.1) is 5.10 Å². The van der Waals surface area contributed by atoms with Gasteiger partial charge in [0.05, 0.1) is 7.05 Å². The molecule has 0 bridgehead atoms. The van der Waals surface area contributed by atoms with Gasteiger partial charge in [0.15, 0.2) is 13.2 Å². The van der Waals surface area contributed by atoms with Gasteiger partial charge in [0, 0.05) is 11.6 Å². The molecule has 0 saturated heterocycles. The van der Waals surface area contributed by atoms with E-state index in [1.165, 1.54) is 5.56 Å². The van der Waals surface area contributed by atoms with E-state index in [-0.39, 0.29) is 11.9 Å². The Morgan fingerprint density at radius 2 is 2.04 bits per heavy atom. The van der Waals surface area contributed by atoms with Crippen molar-refractivity contribution in [2.24, 2.45) is 0 Å². The molecule has 0 saturated carbocycles. The standard InChI is InChI=1S/C16H22N4O2S/c1-11(2)17-14(21)9-19(4)10-20-16(23)22-15(18-20)13-7-5-12(3)6-8-13/h5-8,11H,9-10H2,1-4H3,(H,17,21)/p+1. The number of carbonyl (C=O) groups excluding carboxylic acids is 1. The Kier molecular flexibility index (Phi) is 5.68. The van der Waals surface area contributed by atoms with Gasteiger partial charge in [-0.05, 0) is 45.1 Å². The highest BCUT2D eigenvalue weighted by atomic mass is 32.1. The average Bonchev–Trinajstić information content (AvgIpc) is 2.79. The molecule has 2 rings (SSSR count). The Morgan fingerprint density at radius 3 is 2.65 bits per heavy atom. The van der Waals surface area contributed by atoms with Crippen molar-refractivity contribution < 1.29 is 14.1 Å². The number of aryl methyl sites for hydroxylation is 1. The van der Waals surface area contributed by atoms with Crippen molar-refractivity contribution in [3.63, 3.8) is 0 Å². The first-order chi connectivity index (χ1) is 10.8. The summed E-state index contributed by atoms with van der Waals surface area (Å²) in [6.45, 7) is 6.73. The van der Waals surface area contributed by atoms with E-state index in [4.69, 9.17) is 16.6 Å². The van der Waals surface area contributed by atoms with Crippen LogP contribution in [0.1, 0.15) is 19.4 Å². The number of aromatic nitrogens is 2. The Morgan fingerprint density at radius 1 is 1.39 bits per heavy atom. The van der Waals surface area contributed by atoms with E-state index in [1.807, 2.05) is 52.1 Å². The Balaban J connectivity index is 2.05. The summed E-state index contributed by atoms with van der Waals surface area (Å²) in [5.74, 6) is 0.501. The molecule has 6 nitrogen and oxygen atoms in total. The fourth-order valence-corrected chi connectivity index (χ4v) is 2.36. The topological polar surface area (TPSA) is 64.5 Å². The van der Waals surface area contributed by atoms with Gasteiger partial charge in [-0.3, -0.25) is 4.79 Å². The lowest BCUT2D eigenvalue weighted by Crippen LogP contribution is -3.09. The predicted molar refractivity (Wildman–Crippen MR) is 90.5 cm³/mol. The van der Waals surface area contributed by atoms with Crippen LogP contribution in [0.3, 0.4) is 0 Å². The summed E-state index contributed by atoms with van der Waals surface area (Å²) in [5.41, 5.74) is 2.06. The van der Waals surface area contributed by atoms with Crippen LogP contribution in [-0.4, -0.2) is 35.3 Å². The monoisotopic (exact) mass is 335 g/mol. The molecule has 0 aliphatic carbocycles. The first-order valence-electron chi connectivity index (χ1n) is 7.61. The van der Waals surface area contributed by atoms with Crippen LogP contribution in [0, 0.1) is 11.8 Å². The second-order valence-corrected chi connectivity index (χ2v) is 6.40. The van der Waals surface area contributed by atoms with Crippen LogP contribution < -0.4 is 10.2 Å². The zero-order valence-corrected chi connectivity index (χ0v) is 14.7. The molecule has 2 aromatic rings. The average molecular weight is 335 g/mol. The van der Waals surface area contributed by atoms with Crippen LogP contribution >= 0.6 is 12.2 Å². The van der Waals surface area contributed by atoms with Crippen molar-refractivity contribution in [1.29, 1.82) is 0 Å². The van der Waals surface area contributed by atoms with Crippen LogP contribution in [0.2, 0.25) is 0 Å². The normalized spacial score (nSPS) is 12.4. The molecule has 1 unspecified atom stereocenters. The first kappa shape index (κ1) is 17.4. The maximum Gasteiger partial charge on any atom is 0.292 e. The quantitative estimate of drug-likeness (QED) is 0.778. The maximum atomic E-state index is 11.8. The molecule has 0 fully saturated rings. The third kappa shape index (κ3) is 5.01. The van der Waals surface area contributed by atoms with E-state index in [0.29, 0.717) is 23.9 Å². The minimum atomic E-state index is 0.00581. The molecule has 23 heavy (non-hydrogen) atoms. The van der Waals surface area contributed by atoms with E-state index in [1.54, 1.807) is 4.68 Å². The summed E-state index contributed by atoms with van der Waals surface area (Å²) in [5, 5.41) is 7.28. The smallest absolute Gasteiger partial charge is 0.292 e. The van der Waals surface area contributed by atoms with E-state index in [9.17, 15) is 4.79 Å². The SMILES string of the molecule is Cc1ccc(-c2nn(C[NH+](C)CC(=O)NC(C)C)c(=S)o2)cc1. The highest BCUT2D eigenvalue weighted by molar-refractivity contribution is 7.71. The number of likely N-dealkylation sites (N-methyl/N-ethyl adjacent to an activating group) is 1. The van der Waals surface area contributed by atoms with E-state index in [2.05, 4.69) is 10.4 Å². The first-order valence-corrected chi connectivity index (χ1v) is 8.01. The number of nitrogens with one attached hydrogen (secondary N) is 2. The zero-order valence-electron chi connectivity index (χ0n) is 13.9. The van der Waals surface area contributed by atoms with Gasteiger partial charge in [-0.25, -0.2) is 0 Å². The lowest BCUT2D eigenvalue weighted by atomic mass is 10.1. The third-order valence-electron chi connectivity index (χ3n) is 3.24. The molecule has 2 N–H and O–H groups in total. The van der Waals surface area contributed by atoms with Gasteiger partial charge in [-0.1, -0.05) is 17.7 Å². The molecular formula is C16H23N4O2S+. The number of carbonyl (C=O) groups is 1. The number of rotatable bonds is 6. The largest absolute Gasteiger partial charge is 0.409 e. The number of amides is 1. The summed E-state index contributed by atoms with van der Waals surface area (Å²) >= 11 is 5.22. The fourth-order valence-electron chi connectivity index (χ4n) is 2.18. The molecule has 0 radical (unpaired) electrons. The molecule has 1 aromatic carbocycles. The Bertz CT molecular complexity index is 718. The summed E-state index contributed by atoms with van der Waals surface area (Å²) in [6.07, 6.45) is 0. The van der Waals surface area contributed by atoms with Crippen molar-refractivity contribution >= 4 is 18.1 Å². The lowest BCUT2D eigenvalue weighted by molar-refractivity contribution is -0.895. The second kappa shape index (κ2) is 7.52. The van der Waals surface area contributed by atoms with Gasteiger partial charge in [0.25, 0.3) is 10.7 Å². The molecule has 0 spiro atoms. The minimum absolute atomic E-state index is 0.00581. The number of hydrogen-bond donors (Lipinski definition) is 2. The molecule has 0 aliphatic rings. The Labute approximate surface area is 141 Å². The van der Waals surface area contributed by atoms with E-state index < -0.39 is 0 Å². The minimum Gasteiger partial charge on any atom is -0.409 e. The summed E-state index contributed by atoms with van der Waals surface area (Å²) < 4.78 is 7.18. The van der Waals surface area contributed by atoms with Gasteiger partial charge >= 0.3 is 0 Å².